The van der Waals surface area contributed by atoms with Crippen molar-refractivity contribution in [1.82, 2.24) is 10.1 Å². The average Bonchev–Trinajstić information content (AvgIpc) is 3.14. The standard InChI is InChI=1S/C20H20N4O5S/c1-12(2)8-9-30-17-7-6-14(11-16(17)24(27)28)19(25)21-15-5-3-4-13(10-15)18-22-20(26)29-23-18/h3-7,10-12H,8-9H2,1-2H3,(H,21,25)(H,22,23,26). The molecular formula is C20H20N4O5S. The number of thioether (sulfide) groups is 1. The maximum Gasteiger partial charge on any atom is 0.439 e. The minimum absolute atomic E-state index is 0.0923. The summed E-state index contributed by atoms with van der Waals surface area (Å²) in [5.41, 5.74) is 1.07. The fraction of sp³-hybridized carbons (Fsp3) is 0.250. The molecule has 0 spiro atoms. The van der Waals surface area contributed by atoms with Gasteiger partial charge in [-0.05, 0) is 42.4 Å². The van der Waals surface area contributed by atoms with E-state index in [-0.39, 0.29) is 17.1 Å². The van der Waals surface area contributed by atoms with Crippen LogP contribution in [0.2, 0.25) is 0 Å². The summed E-state index contributed by atoms with van der Waals surface area (Å²) in [6, 6.07) is 11.1. The number of rotatable bonds is 8. The Morgan fingerprint density at radius 3 is 2.77 bits per heavy atom. The number of aromatic amines is 1. The van der Waals surface area contributed by atoms with Gasteiger partial charge >= 0.3 is 5.76 Å². The Bertz CT molecular complexity index is 1120. The Balaban J connectivity index is 1.77. The summed E-state index contributed by atoms with van der Waals surface area (Å²) >= 11 is 1.41. The molecule has 10 heteroatoms. The van der Waals surface area contributed by atoms with Crippen molar-refractivity contribution in [2.75, 3.05) is 11.1 Å². The van der Waals surface area contributed by atoms with Gasteiger partial charge in [0.1, 0.15) is 0 Å². The van der Waals surface area contributed by atoms with Crippen molar-refractivity contribution in [3.63, 3.8) is 0 Å². The summed E-state index contributed by atoms with van der Waals surface area (Å²) in [7, 11) is 0. The van der Waals surface area contributed by atoms with E-state index in [1.165, 1.54) is 17.8 Å². The predicted octanol–water partition coefficient (Wildman–Crippen LogP) is 4.33. The Morgan fingerprint density at radius 1 is 1.30 bits per heavy atom. The van der Waals surface area contributed by atoms with Gasteiger partial charge in [0, 0.05) is 22.9 Å². The van der Waals surface area contributed by atoms with Crippen molar-refractivity contribution in [2.45, 2.75) is 25.2 Å². The number of amides is 1. The van der Waals surface area contributed by atoms with Gasteiger partial charge in [-0.25, -0.2) is 4.79 Å². The van der Waals surface area contributed by atoms with E-state index in [1.807, 2.05) is 0 Å². The van der Waals surface area contributed by atoms with E-state index in [2.05, 4.69) is 33.8 Å². The Kier molecular flexibility index (Phi) is 6.68. The first-order chi connectivity index (χ1) is 14.3. The molecule has 0 atom stereocenters. The van der Waals surface area contributed by atoms with Crippen LogP contribution in [0.5, 0.6) is 0 Å². The maximum absolute atomic E-state index is 12.6. The lowest BCUT2D eigenvalue weighted by atomic mass is 10.1. The SMILES string of the molecule is CC(C)CCSc1ccc(C(=O)Nc2cccc(-c3noc(=O)[nH]3)c2)cc1[N+](=O)[O-]. The van der Waals surface area contributed by atoms with E-state index >= 15 is 0 Å². The Morgan fingerprint density at radius 2 is 2.10 bits per heavy atom. The number of benzene rings is 2. The Labute approximate surface area is 176 Å². The molecule has 0 unspecified atom stereocenters. The van der Waals surface area contributed by atoms with Crippen LogP contribution in [-0.4, -0.2) is 26.7 Å². The van der Waals surface area contributed by atoms with Crippen molar-refractivity contribution in [3.8, 4) is 11.4 Å². The molecule has 30 heavy (non-hydrogen) atoms. The van der Waals surface area contributed by atoms with Crippen LogP contribution >= 0.6 is 11.8 Å². The highest BCUT2D eigenvalue weighted by Crippen LogP contribution is 2.31. The van der Waals surface area contributed by atoms with E-state index in [0.29, 0.717) is 22.1 Å². The van der Waals surface area contributed by atoms with Crippen LogP contribution in [0, 0.1) is 16.0 Å². The second-order valence-electron chi connectivity index (χ2n) is 6.95. The van der Waals surface area contributed by atoms with E-state index in [9.17, 15) is 19.7 Å². The van der Waals surface area contributed by atoms with Crippen LogP contribution in [0.3, 0.4) is 0 Å². The first-order valence-corrected chi connectivity index (χ1v) is 10.2. The quantitative estimate of drug-likeness (QED) is 0.310. The molecule has 2 aromatic carbocycles. The molecule has 1 amide bonds. The van der Waals surface area contributed by atoms with Gasteiger partial charge in [-0.15, -0.1) is 11.8 Å². The molecule has 1 aromatic heterocycles. The third-order valence-electron chi connectivity index (χ3n) is 4.20. The van der Waals surface area contributed by atoms with Crippen LogP contribution in [0.15, 0.2) is 56.7 Å². The highest BCUT2D eigenvalue weighted by Gasteiger charge is 2.18. The number of nitro groups is 1. The number of H-pyrrole nitrogens is 1. The normalized spacial score (nSPS) is 10.9. The fourth-order valence-corrected chi connectivity index (χ4v) is 3.88. The number of hydrogen-bond donors (Lipinski definition) is 2. The molecular weight excluding hydrogens is 408 g/mol. The van der Waals surface area contributed by atoms with Gasteiger partial charge in [0.25, 0.3) is 11.6 Å². The summed E-state index contributed by atoms with van der Waals surface area (Å²) < 4.78 is 4.48. The molecule has 1 heterocycles. The minimum atomic E-state index is -0.682. The lowest BCUT2D eigenvalue weighted by molar-refractivity contribution is -0.387. The second-order valence-corrected chi connectivity index (χ2v) is 8.09. The van der Waals surface area contributed by atoms with E-state index < -0.39 is 16.6 Å². The van der Waals surface area contributed by atoms with Crippen LogP contribution in [0.4, 0.5) is 11.4 Å². The number of nitrogens with zero attached hydrogens (tertiary/aromatic N) is 2. The lowest BCUT2D eigenvalue weighted by Gasteiger charge is -2.09. The highest BCUT2D eigenvalue weighted by atomic mass is 32.2. The summed E-state index contributed by atoms with van der Waals surface area (Å²) in [5.74, 6) is 0.337. The van der Waals surface area contributed by atoms with Crippen LogP contribution in [-0.2, 0) is 0 Å². The molecule has 0 aliphatic carbocycles. The van der Waals surface area contributed by atoms with Crippen LogP contribution < -0.4 is 11.1 Å². The predicted molar refractivity (Wildman–Crippen MR) is 114 cm³/mol. The molecule has 3 rings (SSSR count). The van der Waals surface area contributed by atoms with Crippen molar-refractivity contribution in [3.05, 3.63) is 68.7 Å². The lowest BCUT2D eigenvalue weighted by Crippen LogP contribution is -2.12. The fourth-order valence-electron chi connectivity index (χ4n) is 2.63. The number of carbonyl (C=O) groups excluding carboxylic acids is 1. The number of aromatic nitrogens is 2. The number of carbonyl (C=O) groups is 1. The first kappa shape index (κ1) is 21.3. The van der Waals surface area contributed by atoms with Crippen molar-refractivity contribution < 1.29 is 14.2 Å². The summed E-state index contributed by atoms with van der Waals surface area (Å²) in [4.78, 5) is 37.7. The molecule has 3 aromatic rings. The molecule has 0 radical (unpaired) electrons. The van der Waals surface area contributed by atoms with E-state index in [0.717, 1.165) is 12.2 Å². The number of hydrogen-bond acceptors (Lipinski definition) is 7. The second kappa shape index (κ2) is 9.40. The molecule has 156 valence electrons. The minimum Gasteiger partial charge on any atom is -0.322 e. The number of nitro benzene ring substituents is 1. The van der Waals surface area contributed by atoms with E-state index in [1.54, 1.807) is 36.4 Å². The largest absolute Gasteiger partial charge is 0.439 e. The molecule has 0 aliphatic rings. The monoisotopic (exact) mass is 428 g/mol. The van der Waals surface area contributed by atoms with Crippen molar-refractivity contribution in [2.24, 2.45) is 5.92 Å². The summed E-state index contributed by atoms with van der Waals surface area (Å²) in [5, 5.41) is 17.8. The van der Waals surface area contributed by atoms with Crippen LogP contribution in [0.1, 0.15) is 30.6 Å². The highest BCUT2D eigenvalue weighted by molar-refractivity contribution is 7.99. The van der Waals surface area contributed by atoms with Gasteiger partial charge in [-0.1, -0.05) is 31.1 Å². The third-order valence-corrected chi connectivity index (χ3v) is 5.30. The molecule has 0 saturated heterocycles. The summed E-state index contributed by atoms with van der Waals surface area (Å²) in [6.07, 6.45) is 0.942. The third kappa shape index (κ3) is 5.35. The molecule has 0 saturated carbocycles. The topological polar surface area (TPSA) is 131 Å². The average molecular weight is 428 g/mol. The molecule has 0 bridgehead atoms. The zero-order valence-corrected chi connectivity index (χ0v) is 17.2. The zero-order chi connectivity index (χ0) is 21.7. The van der Waals surface area contributed by atoms with Crippen LogP contribution in [0.25, 0.3) is 11.4 Å². The zero-order valence-electron chi connectivity index (χ0n) is 16.4. The smallest absolute Gasteiger partial charge is 0.322 e. The number of anilines is 1. The van der Waals surface area contributed by atoms with Gasteiger partial charge < -0.3 is 5.32 Å². The molecule has 0 fully saturated rings. The van der Waals surface area contributed by atoms with Gasteiger partial charge in [0.05, 0.1) is 9.82 Å². The van der Waals surface area contributed by atoms with Gasteiger partial charge in [0.15, 0.2) is 5.82 Å². The van der Waals surface area contributed by atoms with Gasteiger partial charge in [0.2, 0.25) is 0 Å². The molecule has 2 N–H and O–H groups in total. The number of nitrogens with one attached hydrogen (secondary N) is 2. The first-order valence-electron chi connectivity index (χ1n) is 9.22. The van der Waals surface area contributed by atoms with Crippen molar-refractivity contribution in [1.29, 1.82) is 0 Å². The Hall–Kier alpha value is -3.40. The van der Waals surface area contributed by atoms with E-state index in [4.69, 9.17) is 0 Å². The maximum atomic E-state index is 12.6. The van der Waals surface area contributed by atoms with Gasteiger partial charge in [-0.3, -0.25) is 24.4 Å². The molecule has 0 aliphatic heterocycles. The molecule has 9 nitrogen and oxygen atoms in total. The van der Waals surface area contributed by atoms with Crippen molar-refractivity contribution >= 4 is 29.0 Å². The van der Waals surface area contributed by atoms with Gasteiger partial charge in [-0.2, -0.15) is 0 Å². The summed E-state index contributed by atoms with van der Waals surface area (Å²) in [6.45, 7) is 4.19.